The van der Waals surface area contributed by atoms with Gasteiger partial charge < -0.3 is 9.47 Å². The molecule has 0 aliphatic carbocycles. The van der Waals surface area contributed by atoms with E-state index in [2.05, 4.69) is 15.9 Å². The van der Waals surface area contributed by atoms with Gasteiger partial charge in [0.2, 0.25) is 0 Å². The third-order valence-corrected chi connectivity index (χ3v) is 2.25. The largest absolute Gasteiger partial charge is 0.466 e. The second kappa shape index (κ2) is 4.84. The standard InChI is InChI=1S/C9H10BrClO2/c1-6-3-7(10)4-8(11)9(6)13-5-12-2/h3-4H,5H2,1-2H3. The van der Waals surface area contributed by atoms with E-state index in [1.807, 2.05) is 13.0 Å². The highest BCUT2D eigenvalue weighted by Crippen LogP contribution is 2.31. The van der Waals surface area contributed by atoms with Crippen LogP contribution in [0.1, 0.15) is 5.56 Å². The number of benzene rings is 1. The van der Waals surface area contributed by atoms with Gasteiger partial charge in [0.1, 0.15) is 5.75 Å². The van der Waals surface area contributed by atoms with Crippen LogP contribution in [0.2, 0.25) is 5.02 Å². The van der Waals surface area contributed by atoms with Crippen LogP contribution in [0, 0.1) is 6.92 Å². The van der Waals surface area contributed by atoms with Crippen molar-refractivity contribution in [1.82, 2.24) is 0 Å². The van der Waals surface area contributed by atoms with Crippen molar-refractivity contribution in [2.45, 2.75) is 6.92 Å². The lowest BCUT2D eigenvalue weighted by Gasteiger charge is -2.10. The summed E-state index contributed by atoms with van der Waals surface area (Å²) in [6, 6.07) is 3.73. The quantitative estimate of drug-likeness (QED) is 0.780. The smallest absolute Gasteiger partial charge is 0.188 e. The molecule has 0 fully saturated rings. The van der Waals surface area contributed by atoms with E-state index in [0.717, 1.165) is 10.0 Å². The van der Waals surface area contributed by atoms with Crippen molar-refractivity contribution in [3.63, 3.8) is 0 Å². The van der Waals surface area contributed by atoms with E-state index < -0.39 is 0 Å². The second-order valence-corrected chi connectivity index (χ2v) is 3.91. The van der Waals surface area contributed by atoms with Crippen LogP contribution in [0.3, 0.4) is 0 Å². The summed E-state index contributed by atoms with van der Waals surface area (Å²) in [4.78, 5) is 0. The van der Waals surface area contributed by atoms with Gasteiger partial charge in [0.05, 0.1) is 5.02 Å². The predicted octanol–water partition coefficient (Wildman–Crippen LogP) is 3.39. The number of ether oxygens (including phenoxy) is 2. The van der Waals surface area contributed by atoms with E-state index in [0.29, 0.717) is 10.8 Å². The summed E-state index contributed by atoms with van der Waals surface area (Å²) in [5.74, 6) is 0.673. The summed E-state index contributed by atoms with van der Waals surface area (Å²) in [5.41, 5.74) is 0.983. The fraction of sp³-hybridized carbons (Fsp3) is 0.333. The molecule has 13 heavy (non-hydrogen) atoms. The maximum atomic E-state index is 5.96. The van der Waals surface area contributed by atoms with Crippen LogP contribution in [-0.4, -0.2) is 13.9 Å². The Balaban J connectivity index is 2.92. The van der Waals surface area contributed by atoms with E-state index in [-0.39, 0.29) is 6.79 Å². The minimum absolute atomic E-state index is 0.211. The van der Waals surface area contributed by atoms with Gasteiger partial charge in [-0.2, -0.15) is 0 Å². The van der Waals surface area contributed by atoms with E-state index in [1.165, 1.54) is 0 Å². The molecule has 4 heteroatoms. The Morgan fingerprint density at radius 3 is 2.69 bits per heavy atom. The normalized spacial score (nSPS) is 10.2. The zero-order chi connectivity index (χ0) is 9.84. The fourth-order valence-corrected chi connectivity index (χ4v) is 2.01. The van der Waals surface area contributed by atoms with Crippen LogP contribution in [0.15, 0.2) is 16.6 Å². The highest BCUT2D eigenvalue weighted by molar-refractivity contribution is 9.10. The van der Waals surface area contributed by atoms with Gasteiger partial charge in [-0.15, -0.1) is 0 Å². The fourth-order valence-electron chi connectivity index (χ4n) is 0.990. The van der Waals surface area contributed by atoms with Gasteiger partial charge in [-0.3, -0.25) is 0 Å². The Morgan fingerprint density at radius 1 is 1.46 bits per heavy atom. The molecule has 0 bridgehead atoms. The molecule has 1 aromatic rings. The molecule has 0 amide bonds. The Kier molecular flexibility index (Phi) is 4.03. The van der Waals surface area contributed by atoms with Crippen LogP contribution < -0.4 is 4.74 Å². The highest BCUT2D eigenvalue weighted by atomic mass is 79.9. The Morgan fingerprint density at radius 2 is 2.15 bits per heavy atom. The van der Waals surface area contributed by atoms with E-state index in [1.54, 1.807) is 13.2 Å². The SMILES string of the molecule is COCOc1c(C)cc(Br)cc1Cl. The zero-order valence-electron chi connectivity index (χ0n) is 7.43. The Hall–Kier alpha value is -0.250. The van der Waals surface area contributed by atoms with Gasteiger partial charge >= 0.3 is 0 Å². The van der Waals surface area contributed by atoms with Crippen LogP contribution >= 0.6 is 27.5 Å². The lowest BCUT2D eigenvalue weighted by Crippen LogP contribution is -2.00. The first-order valence-electron chi connectivity index (χ1n) is 3.72. The molecule has 0 heterocycles. The first kappa shape index (κ1) is 10.8. The minimum atomic E-state index is 0.211. The van der Waals surface area contributed by atoms with Crippen molar-refractivity contribution < 1.29 is 9.47 Å². The summed E-state index contributed by atoms with van der Waals surface area (Å²) in [7, 11) is 1.57. The molecule has 1 rings (SSSR count). The molecule has 72 valence electrons. The van der Waals surface area contributed by atoms with Crippen LogP contribution in [0.25, 0.3) is 0 Å². The van der Waals surface area contributed by atoms with Crippen molar-refractivity contribution in [3.05, 3.63) is 27.2 Å². The third kappa shape index (κ3) is 2.86. The number of hydrogen-bond acceptors (Lipinski definition) is 2. The number of rotatable bonds is 3. The van der Waals surface area contributed by atoms with Gasteiger partial charge in [0, 0.05) is 11.6 Å². The Labute approximate surface area is 90.9 Å². The number of methoxy groups -OCH3 is 1. The molecule has 0 N–H and O–H groups in total. The molecule has 0 aromatic heterocycles. The van der Waals surface area contributed by atoms with E-state index >= 15 is 0 Å². The molecular formula is C9H10BrClO2. The molecule has 0 aliphatic heterocycles. The summed E-state index contributed by atoms with van der Waals surface area (Å²) in [6.07, 6.45) is 0. The lowest BCUT2D eigenvalue weighted by atomic mass is 10.2. The van der Waals surface area contributed by atoms with Crippen molar-refractivity contribution in [3.8, 4) is 5.75 Å². The minimum Gasteiger partial charge on any atom is -0.466 e. The van der Waals surface area contributed by atoms with Gasteiger partial charge in [-0.05, 0) is 24.6 Å². The van der Waals surface area contributed by atoms with Gasteiger partial charge in [0.15, 0.2) is 6.79 Å². The zero-order valence-corrected chi connectivity index (χ0v) is 9.78. The number of halogens is 2. The summed E-state index contributed by atoms with van der Waals surface area (Å²) in [5, 5.41) is 0.587. The van der Waals surface area contributed by atoms with Crippen LogP contribution in [0.4, 0.5) is 0 Å². The topological polar surface area (TPSA) is 18.5 Å². The molecule has 0 saturated heterocycles. The average molecular weight is 266 g/mol. The molecule has 0 aliphatic rings. The first-order valence-corrected chi connectivity index (χ1v) is 4.89. The maximum absolute atomic E-state index is 5.96. The maximum Gasteiger partial charge on any atom is 0.188 e. The van der Waals surface area contributed by atoms with Crippen molar-refractivity contribution >= 4 is 27.5 Å². The second-order valence-electron chi connectivity index (χ2n) is 2.58. The molecule has 0 radical (unpaired) electrons. The predicted molar refractivity (Wildman–Crippen MR) is 56.4 cm³/mol. The molecule has 2 nitrogen and oxygen atoms in total. The molecule has 0 saturated carbocycles. The van der Waals surface area contributed by atoms with Crippen molar-refractivity contribution in [2.75, 3.05) is 13.9 Å². The highest BCUT2D eigenvalue weighted by Gasteiger charge is 2.06. The van der Waals surface area contributed by atoms with Gasteiger partial charge in [-0.1, -0.05) is 27.5 Å². The molecule has 0 spiro atoms. The Bertz CT molecular complexity index is 279. The van der Waals surface area contributed by atoms with E-state index in [4.69, 9.17) is 21.1 Å². The van der Waals surface area contributed by atoms with Gasteiger partial charge in [-0.25, -0.2) is 0 Å². The summed E-state index contributed by atoms with van der Waals surface area (Å²) >= 11 is 9.30. The van der Waals surface area contributed by atoms with Gasteiger partial charge in [0.25, 0.3) is 0 Å². The van der Waals surface area contributed by atoms with Crippen LogP contribution in [-0.2, 0) is 4.74 Å². The molecule has 0 unspecified atom stereocenters. The molecule has 0 atom stereocenters. The van der Waals surface area contributed by atoms with Crippen molar-refractivity contribution in [1.29, 1.82) is 0 Å². The lowest BCUT2D eigenvalue weighted by molar-refractivity contribution is 0.0507. The number of aryl methyl sites for hydroxylation is 1. The number of hydrogen-bond donors (Lipinski definition) is 0. The average Bonchev–Trinajstić information content (AvgIpc) is 2.02. The molecular weight excluding hydrogens is 255 g/mol. The monoisotopic (exact) mass is 264 g/mol. The summed E-state index contributed by atoms with van der Waals surface area (Å²) in [6.45, 7) is 2.14. The van der Waals surface area contributed by atoms with Crippen LogP contribution in [0.5, 0.6) is 5.75 Å². The van der Waals surface area contributed by atoms with E-state index in [9.17, 15) is 0 Å². The van der Waals surface area contributed by atoms with Crippen molar-refractivity contribution in [2.24, 2.45) is 0 Å². The first-order chi connectivity index (χ1) is 6.15. The summed E-state index contributed by atoms with van der Waals surface area (Å²) < 4.78 is 11.0. The third-order valence-electron chi connectivity index (χ3n) is 1.52. The molecule has 1 aromatic carbocycles.